The maximum absolute atomic E-state index is 13.2. The van der Waals surface area contributed by atoms with E-state index < -0.39 is 12.1 Å². The van der Waals surface area contributed by atoms with Gasteiger partial charge in [0.1, 0.15) is 10.7 Å². The lowest BCUT2D eigenvalue weighted by Gasteiger charge is -2.09. The Bertz CT molecular complexity index is 710. The van der Waals surface area contributed by atoms with Crippen molar-refractivity contribution in [3.05, 3.63) is 33.9 Å². The van der Waals surface area contributed by atoms with Crippen molar-refractivity contribution < 1.29 is 18.7 Å². The largest absolute Gasteiger partial charge is 0.450 e. The molecule has 0 spiro atoms. The summed E-state index contributed by atoms with van der Waals surface area (Å²) in [5.74, 6) is -1.06. The van der Waals surface area contributed by atoms with Crippen LogP contribution in [-0.4, -0.2) is 17.9 Å². The van der Waals surface area contributed by atoms with Crippen molar-refractivity contribution in [3.63, 3.8) is 0 Å². The number of ketones is 1. The minimum absolute atomic E-state index is 0.0540. The van der Waals surface area contributed by atoms with Gasteiger partial charge in [-0.15, -0.1) is 11.3 Å². The van der Waals surface area contributed by atoms with E-state index in [1.165, 1.54) is 18.2 Å². The number of thiophene rings is 1. The molecule has 1 aliphatic carbocycles. The molecule has 0 saturated heterocycles. The van der Waals surface area contributed by atoms with E-state index in [9.17, 15) is 14.0 Å². The Morgan fingerprint density at radius 2 is 2.25 bits per heavy atom. The van der Waals surface area contributed by atoms with Crippen molar-refractivity contribution in [3.8, 4) is 0 Å². The van der Waals surface area contributed by atoms with Crippen LogP contribution in [0.15, 0.2) is 18.2 Å². The lowest BCUT2D eigenvalue weighted by Crippen LogP contribution is -2.21. The highest BCUT2D eigenvalue weighted by Crippen LogP contribution is 2.36. The van der Waals surface area contributed by atoms with Crippen molar-refractivity contribution >= 4 is 44.8 Å². The highest BCUT2D eigenvalue weighted by atomic mass is 35.5. The van der Waals surface area contributed by atoms with E-state index >= 15 is 0 Å². The number of ether oxygens (including phenoxy) is 1. The normalized spacial score (nSPS) is 18.7. The zero-order valence-corrected chi connectivity index (χ0v) is 11.9. The molecule has 1 heterocycles. The summed E-state index contributed by atoms with van der Waals surface area (Å²) >= 11 is 7.20. The fourth-order valence-electron chi connectivity index (χ4n) is 2.26. The van der Waals surface area contributed by atoms with Crippen LogP contribution in [0.25, 0.3) is 10.1 Å². The van der Waals surface area contributed by atoms with Crippen molar-refractivity contribution in [2.75, 3.05) is 0 Å². The van der Waals surface area contributed by atoms with Crippen molar-refractivity contribution in [2.24, 2.45) is 0 Å². The molecular weight excluding hydrogens is 303 g/mol. The molecule has 2 aromatic rings. The molecule has 0 N–H and O–H groups in total. The first kappa shape index (κ1) is 13.5. The fourth-order valence-corrected chi connectivity index (χ4v) is 3.68. The zero-order chi connectivity index (χ0) is 14.3. The monoisotopic (exact) mass is 312 g/mol. The first-order valence-corrected chi connectivity index (χ1v) is 7.37. The van der Waals surface area contributed by atoms with Gasteiger partial charge in [0.25, 0.3) is 0 Å². The van der Waals surface area contributed by atoms with Crippen LogP contribution in [0.5, 0.6) is 0 Å². The van der Waals surface area contributed by atoms with E-state index in [2.05, 4.69) is 0 Å². The van der Waals surface area contributed by atoms with Gasteiger partial charge in [-0.3, -0.25) is 4.79 Å². The Labute approximate surface area is 123 Å². The van der Waals surface area contributed by atoms with Crippen molar-refractivity contribution in [1.82, 2.24) is 0 Å². The minimum atomic E-state index is -0.666. The van der Waals surface area contributed by atoms with Gasteiger partial charge in [-0.25, -0.2) is 9.18 Å². The first-order chi connectivity index (χ1) is 9.56. The molecule has 1 fully saturated rings. The SMILES string of the molecule is O=C(O[C@@H]1CCCC1=O)c1sc2cc(F)ccc2c1Cl. The van der Waals surface area contributed by atoms with E-state index in [1.807, 2.05) is 0 Å². The number of hydrogen-bond donors (Lipinski definition) is 0. The number of rotatable bonds is 2. The third-order valence-electron chi connectivity index (χ3n) is 3.27. The third-order valence-corrected chi connectivity index (χ3v) is 4.91. The number of benzene rings is 1. The van der Waals surface area contributed by atoms with Gasteiger partial charge in [-0.05, 0) is 31.0 Å². The molecule has 6 heteroatoms. The van der Waals surface area contributed by atoms with Gasteiger partial charge in [-0.1, -0.05) is 11.6 Å². The second-order valence-electron chi connectivity index (χ2n) is 4.64. The van der Waals surface area contributed by atoms with E-state index in [1.54, 1.807) is 0 Å². The molecule has 1 aromatic heterocycles. The second kappa shape index (κ2) is 5.14. The van der Waals surface area contributed by atoms with Crippen molar-refractivity contribution in [1.29, 1.82) is 0 Å². The highest BCUT2D eigenvalue weighted by Gasteiger charge is 2.30. The molecule has 0 amide bonds. The molecule has 104 valence electrons. The quantitative estimate of drug-likeness (QED) is 0.788. The first-order valence-electron chi connectivity index (χ1n) is 6.17. The van der Waals surface area contributed by atoms with Gasteiger partial charge < -0.3 is 4.74 Å². The van der Waals surface area contributed by atoms with E-state index in [0.717, 1.165) is 17.8 Å². The number of fused-ring (bicyclic) bond motifs is 1. The Balaban J connectivity index is 1.91. The smallest absolute Gasteiger partial charge is 0.350 e. The maximum Gasteiger partial charge on any atom is 0.350 e. The summed E-state index contributed by atoms with van der Waals surface area (Å²) in [4.78, 5) is 23.8. The van der Waals surface area contributed by atoms with Crippen LogP contribution in [-0.2, 0) is 9.53 Å². The van der Waals surface area contributed by atoms with Crippen LogP contribution in [0.1, 0.15) is 28.9 Å². The van der Waals surface area contributed by atoms with Crippen molar-refractivity contribution in [2.45, 2.75) is 25.4 Å². The number of carbonyl (C=O) groups excluding carboxylic acids is 2. The molecule has 3 rings (SSSR count). The van der Waals surface area contributed by atoms with E-state index in [0.29, 0.717) is 22.9 Å². The molecule has 0 bridgehead atoms. The van der Waals surface area contributed by atoms with E-state index in [-0.39, 0.29) is 21.5 Å². The Morgan fingerprint density at radius 3 is 2.95 bits per heavy atom. The topological polar surface area (TPSA) is 43.4 Å². The molecule has 20 heavy (non-hydrogen) atoms. The van der Waals surface area contributed by atoms with Gasteiger partial charge in [0.2, 0.25) is 0 Å². The molecule has 0 radical (unpaired) electrons. The minimum Gasteiger partial charge on any atom is -0.450 e. The Morgan fingerprint density at radius 1 is 1.45 bits per heavy atom. The summed E-state index contributed by atoms with van der Waals surface area (Å²) in [5, 5.41) is 0.864. The lowest BCUT2D eigenvalue weighted by molar-refractivity contribution is -0.124. The van der Waals surface area contributed by atoms with Gasteiger partial charge >= 0.3 is 5.97 Å². The van der Waals surface area contributed by atoms with Gasteiger partial charge in [0.15, 0.2) is 11.9 Å². The van der Waals surface area contributed by atoms with Crippen LogP contribution in [0, 0.1) is 5.82 Å². The average molecular weight is 313 g/mol. The molecule has 3 nitrogen and oxygen atoms in total. The number of Topliss-reactive ketones (excluding diaryl/α,β-unsaturated/α-hetero) is 1. The second-order valence-corrected chi connectivity index (χ2v) is 6.07. The number of hydrogen-bond acceptors (Lipinski definition) is 4. The predicted octanol–water partition coefficient (Wildman–Crippen LogP) is 3.97. The summed E-state index contributed by atoms with van der Waals surface area (Å²) in [6.07, 6.45) is 1.08. The molecule has 0 aliphatic heterocycles. The van der Waals surface area contributed by atoms with Crippen LogP contribution < -0.4 is 0 Å². The predicted molar refractivity (Wildman–Crippen MR) is 74.9 cm³/mol. The molecular formula is C14H10ClFO3S. The van der Waals surface area contributed by atoms with E-state index in [4.69, 9.17) is 16.3 Å². The molecule has 1 aliphatic rings. The molecule has 1 aromatic carbocycles. The average Bonchev–Trinajstić information content (AvgIpc) is 2.94. The maximum atomic E-state index is 13.2. The molecule has 0 unspecified atom stereocenters. The molecule has 1 atom stereocenters. The van der Waals surface area contributed by atoms with Gasteiger partial charge in [0, 0.05) is 16.5 Å². The van der Waals surface area contributed by atoms with Crippen LogP contribution in [0.2, 0.25) is 5.02 Å². The summed E-state index contributed by atoms with van der Waals surface area (Å²) in [6.45, 7) is 0. The third kappa shape index (κ3) is 2.31. The Hall–Kier alpha value is -1.46. The van der Waals surface area contributed by atoms with Crippen LogP contribution in [0.4, 0.5) is 4.39 Å². The number of halogens is 2. The fraction of sp³-hybridized carbons (Fsp3) is 0.286. The van der Waals surface area contributed by atoms with Gasteiger partial charge in [0.05, 0.1) is 5.02 Å². The summed E-state index contributed by atoms with van der Waals surface area (Å²) in [7, 11) is 0. The summed E-state index contributed by atoms with van der Waals surface area (Å²) in [6, 6.07) is 4.14. The highest BCUT2D eigenvalue weighted by molar-refractivity contribution is 7.21. The molecule has 1 saturated carbocycles. The Kier molecular flexibility index (Phi) is 3.48. The number of esters is 1. The van der Waals surface area contributed by atoms with Crippen LogP contribution in [0.3, 0.4) is 0 Å². The summed E-state index contributed by atoms with van der Waals surface area (Å²) < 4.78 is 18.9. The van der Waals surface area contributed by atoms with Crippen LogP contribution >= 0.6 is 22.9 Å². The summed E-state index contributed by atoms with van der Waals surface area (Å²) in [5.41, 5.74) is 0. The van der Waals surface area contributed by atoms with Gasteiger partial charge in [-0.2, -0.15) is 0 Å². The lowest BCUT2D eigenvalue weighted by atomic mass is 10.2. The zero-order valence-electron chi connectivity index (χ0n) is 10.3. The standard InChI is InChI=1S/C14H10ClFO3S/c15-12-8-5-4-7(16)6-11(8)20-13(12)14(18)19-10-3-1-2-9(10)17/h4-6,10H,1-3H2/t10-/m1/s1. The number of carbonyl (C=O) groups is 2.